The number of carbonyl (C=O) groups excluding carboxylic acids is 1. The van der Waals surface area contributed by atoms with Crippen molar-refractivity contribution in [2.75, 3.05) is 19.9 Å². The number of rotatable bonds is 5. The summed E-state index contributed by atoms with van der Waals surface area (Å²) < 4.78 is 37.7. The highest BCUT2D eigenvalue weighted by atomic mass is 32.2. The number of amides is 1. The van der Waals surface area contributed by atoms with Gasteiger partial charge in [-0.05, 0) is 49.6 Å². The van der Waals surface area contributed by atoms with Crippen molar-refractivity contribution in [1.29, 1.82) is 0 Å². The third-order valence-corrected chi connectivity index (χ3v) is 7.30. The van der Waals surface area contributed by atoms with Gasteiger partial charge in [-0.2, -0.15) is 4.31 Å². The van der Waals surface area contributed by atoms with E-state index in [-0.39, 0.29) is 18.6 Å². The summed E-state index contributed by atoms with van der Waals surface area (Å²) >= 11 is 0. The quantitative estimate of drug-likeness (QED) is 0.809. The Labute approximate surface area is 170 Å². The normalized spacial score (nSPS) is 17.3. The van der Waals surface area contributed by atoms with Crippen LogP contribution in [0.1, 0.15) is 24.0 Å². The molecule has 7 nitrogen and oxygen atoms in total. The van der Waals surface area contributed by atoms with Crippen LogP contribution < -0.4 is 14.8 Å². The zero-order valence-corrected chi connectivity index (χ0v) is 17.1. The number of piperidine rings is 1. The smallest absolute Gasteiger partial charge is 0.243 e. The second-order valence-corrected chi connectivity index (χ2v) is 9.33. The summed E-state index contributed by atoms with van der Waals surface area (Å²) in [6, 6.07) is 12.4. The number of sulfonamides is 1. The van der Waals surface area contributed by atoms with Crippen LogP contribution in [0.4, 0.5) is 0 Å². The number of carbonyl (C=O) groups is 1. The van der Waals surface area contributed by atoms with E-state index in [0.717, 1.165) is 11.1 Å². The Bertz CT molecular complexity index is 996. The van der Waals surface area contributed by atoms with Crippen LogP contribution in [0.3, 0.4) is 0 Å². The Morgan fingerprint density at radius 1 is 1.07 bits per heavy atom. The third kappa shape index (κ3) is 4.23. The monoisotopic (exact) mass is 416 g/mol. The highest BCUT2D eigenvalue weighted by Crippen LogP contribution is 2.32. The van der Waals surface area contributed by atoms with E-state index in [1.165, 1.54) is 4.31 Å². The zero-order chi connectivity index (χ0) is 20.4. The Balaban J connectivity index is 1.31. The molecule has 0 spiro atoms. The maximum absolute atomic E-state index is 12.8. The molecule has 1 amide bonds. The fourth-order valence-electron chi connectivity index (χ4n) is 3.60. The van der Waals surface area contributed by atoms with Crippen LogP contribution in [0.25, 0.3) is 0 Å². The summed E-state index contributed by atoms with van der Waals surface area (Å²) in [4.78, 5) is 12.8. The van der Waals surface area contributed by atoms with Gasteiger partial charge in [-0.25, -0.2) is 8.42 Å². The van der Waals surface area contributed by atoms with Crippen LogP contribution >= 0.6 is 0 Å². The maximum Gasteiger partial charge on any atom is 0.243 e. The number of aryl methyl sites for hydroxylation is 1. The summed E-state index contributed by atoms with van der Waals surface area (Å²) in [7, 11) is -3.51. The molecule has 0 unspecified atom stereocenters. The van der Waals surface area contributed by atoms with E-state index in [1.54, 1.807) is 24.3 Å². The van der Waals surface area contributed by atoms with Crippen molar-refractivity contribution < 1.29 is 22.7 Å². The predicted molar refractivity (Wildman–Crippen MR) is 107 cm³/mol. The fourth-order valence-corrected chi connectivity index (χ4v) is 5.07. The van der Waals surface area contributed by atoms with E-state index < -0.39 is 10.0 Å². The molecule has 0 aromatic heterocycles. The van der Waals surface area contributed by atoms with Gasteiger partial charge in [-0.1, -0.05) is 23.8 Å². The molecule has 0 radical (unpaired) electrons. The minimum absolute atomic E-state index is 0.0462. The Hall–Kier alpha value is -2.58. The Kier molecular flexibility index (Phi) is 5.47. The molecule has 2 aliphatic rings. The molecule has 0 atom stereocenters. The van der Waals surface area contributed by atoms with Gasteiger partial charge in [0.1, 0.15) is 0 Å². The highest BCUT2D eigenvalue weighted by Gasteiger charge is 2.32. The minimum Gasteiger partial charge on any atom is -0.454 e. The molecule has 1 N–H and O–H groups in total. The molecular weight excluding hydrogens is 392 g/mol. The summed E-state index contributed by atoms with van der Waals surface area (Å²) in [6.45, 7) is 3.23. The molecule has 2 aromatic rings. The fraction of sp³-hybridized carbons (Fsp3) is 0.381. The average Bonchev–Trinajstić information content (AvgIpc) is 3.20. The third-order valence-electron chi connectivity index (χ3n) is 5.39. The summed E-state index contributed by atoms with van der Waals surface area (Å²) in [5, 5.41) is 2.95. The lowest BCUT2D eigenvalue weighted by atomic mass is 9.97. The molecule has 154 valence electrons. The second kappa shape index (κ2) is 8.04. The molecule has 2 heterocycles. The SMILES string of the molecule is Cc1ccc(S(=O)(=O)N2CCC(C(=O)NCc3ccc4c(c3)OCO4)CC2)cc1. The van der Waals surface area contributed by atoms with E-state index in [2.05, 4.69) is 5.32 Å². The molecule has 2 aliphatic heterocycles. The summed E-state index contributed by atoms with van der Waals surface area (Å²) in [6.07, 6.45) is 1.02. The lowest BCUT2D eigenvalue weighted by Crippen LogP contribution is -2.42. The van der Waals surface area contributed by atoms with Gasteiger partial charge in [-0.15, -0.1) is 0 Å². The largest absolute Gasteiger partial charge is 0.454 e. The molecule has 29 heavy (non-hydrogen) atoms. The van der Waals surface area contributed by atoms with Gasteiger partial charge in [0.15, 0.2) is 11.5 Å². The van der Waals surface area contributed by atoms with Crippen molar-refractivity contribution in [2.45, 2.75) is 31.2 Å². The van der Waals surface area contributed by atoms with Crippen molar-refractivity contribution in [2.24, 2.45) is 5.92 Å². The highest BCUT2D eigenvalue weighted by molar-refractivity contribution is 7.89. The van der Waals surface area contributed by atoms with E-state index in [0.29, 0.717) is 48.9 Å². The number of nitrogens with zero attached hydrogens (tertiary/aromatic N) is 1. The van der Waals surface area contributed by atoms with Crippen LogP contribution in [0.5, 0.6) is 11.5 Å². The topological polar surface area (TPSA) is 84.9 Å². The summed E-state index contributed by atoms with van der Waals surface area (Å²) in [5.74, 6) is 1.16. The van der Waals surface area contributed by atoms with Gasteiger partial charge >= 0.3 is 0 Å². The van der Waals surface area contributed by atoms with Crippen molar-refractivity contribution in [3.63, 3.8) is 0 Å². The molecule has 8 heteroatoms. The number of nitrogens with one attached hydrogen (secondary N) is 1. The van der Waals surface area contributed by atoms with Crippen LogP contribution in [0.15, 0.2) is 47.4 Å². The standard InChI is InChI=1S/C21H24N2O5S/c1-15-2-5-18(6-3-15)29(25,26)23-10-8-17(9-11-23)21(24)22-13-16-4-7-19-20(12-16)28-14-27-19/h2-7,12,17H,8-11,13-14H2,1H3,(H,22,24). The van der Waals surface area contributed by atoms with E-state index in [9.17, 15) is 13.2 Å². The molecule has 4 rings (SSSR count). The lowest BCUT2D eigenvalue weighted by molar-refractivity contribution is -0.126. The first kappa shape index (κ1) is 19.7. The minimum atomic E-state index is -3.51. The van der Waals surface area contributed by atoms with Gasteiger partial charge in [0.05, 0.1) is 4.90 Å². The van der Waals surface area contributed by atoms with Crippen LogP contribution in [0.2, 0.25) is 0 Å². The number of benzene rings is 2. The van der Waals surface area contributed by atoms with E-state index in [4.69, 9.17) is 9.47 Å². The predicted octanol–water partition coefficient (Wildman–Crippen LogP) is 2.44. The van der Waals surface area contributed by atoms with Crippen molar-refractivity contribution in [3.8, 4) is 11.5 Å². The van der Waals surface area contributed by atoms with Crippen LogP contribution in [-0.4, -0.2) is 38.5 Å². The van der Waals surface area contributed by atoms with E-state index >= 15 is 0 Å². The van der Waals surface area contributed by atoms with Gasteiger partial charge in [-0.3, -0.25) is 4.79 Å². The van der Waals surface area contributed by atoms with Crippen LogP contribution in [0, 0.1) is 12.8 Å². The molecule has 1 saturated heterocycles. The number of ether oxygens (including phenoxy) is 2. The molecule has 0 aliphatic carbocycles. The zero-order valence-electron chi connectivity index (χ0n) is 16.3. The first-order valence-electron chi connectivity index (χ1n) is 9.66. The van der Waals surface area contributed by atoms with Gasteiger partial charge < -0.3 is 14.8 Å². The number of hydrogen-bond donors (Lipinski definition) is 1. The van der Waals surface area contributed by atoms with Crippen molar-refractivity contribution >= 4 is 15.9 Å². The number of hydrogen-bond acceptors (Lipinski definition) is 5. The van der Waals surface area contributed by atoms with Crippen LogP contribution in [-0.2, 0) is 21.4 Å². The number of fused-ring (bicyclic) bond motifs is 1. The molecule has 1 fully saturated rings. The van der Waals surface area contributed by atoms with Gasteiger partial charge in [0.2, 0.25) is 22.7 Å². The van der Waals surface area contributed by atoms with Crippen molar-refractivity contribution in [1.82, 2.24) is 9.62 Å². The molecule has 0 saturated carbocycles. The lowest BCUT2D eigenvalue weighted by Gasteiger charge is -2.30. The average molecular weight is 416 g/mol. The van der Waals surface area contributed by atoms with Crippen molar-refractivity contribution in [3.05, 3.63) is 53.6 Å². The summed E-state index contributed by atoms with van der Waals surface area (Å²) in [5.41, 5.74) is 1.95. The first-order valence-corrected chi connectivity index (χ1v) is 11.1. The Morgan fingerprint density at radius 2 is 1.76 bits per heavy atom. The molecule has 2 aromatic carbocycles. The Morgan fingerprint density at radius 3 is 2.48 bits per heavy atom. The molecular formula is C21H24N2O5S. The second-order valence-electron chi connectivity index (χ2n) is 7.40. The molecule has 0 bridgehead atoms. The van der Waals surface area contributed by atoms with E-state index in [1.807, 2.05) is 25.1 Å². The van der Waals surface area contributed by atoms with Gasteiger partial charge in [0.25, 0.3) is 0 Å². The van der Waals surface area contributed by atoms with Gasteiger partial charge in [0, 0.05) is 25.6 Å². The maximum atomic E-state index is 12.8. The first-order chi connectivity index (χ1) is 13.9.